The second-order valence-corrected chi connectivity index (χ2v) is 6.05. The highest BCUT2D eigenvalue weighted by Gasteiger charge is 2.08. The standard InChI is InChI=1S/C16H19F2NOS/c1-10-6-11(2)15(12(3)7-10)19-8-13-4-5-14(20-13)9-21-16(17)18/h4-7,16,19H,8-9H2,1-3H3. The third kappa shape index (κ3) is 4.49. The van der Waals surface area contributed by atoms with E-state index >= 15 is 0 Å². The van der Waals surface area contributed by atoms with Gasteiger partial charge in [0, 0.05) is 5.69 Å². The molecule has 2 nitrogen and oxygen atoms in total. The lowest BCUT2D eigenvalue weighted by molar-refractivity contribution is 0.251. The average molecular weight is 311 g/mol. The minimum absolute atomic E-state index is 0.195. The van der Waals surface area contributed by atoms with Gasteiger partial charge in [0.1, 0.15) is 11.5 Å². The predicted molar refractivity (Wildman–Crippen MR) is 84.0 cm³/mol. The lowest BCUT2D eigenvalue weighted by atomic mass is 10.1. The topological polar surface area (TPSA) is 25.2 Å². The van der Waals surface area contributed by atoms with E-state index in [0.717, 1.165) is 11.4 Å². The number of aryl methyl sites for hydroxylation is 3. The van der Waals surface area contributed by atoms with Crippen LogP contribution in [0.1, 0.15) is 28.2 Å². The van der Waals surface area contributed by atoms with Gasteiger partial charge in [0.05, 0.1) is 12.3 Å². The Bertz CT molecular complexity index is 587. The molecule has 2 rings (SSSR count). The van der Waals surface area contributed by atoms with E-state index in [1.807, 2.05) is 6.07 Å². The van der Waals surface area contributed by atoms with Gasteiger partial charge in [-0.3, -0.25) is 0 Å². The van der Waals surface area contributed by atoms with Gasteiger partial charge < -0.3 is 9.73 Å². The van der Waals surface area contributed by atoms with Crippen LogP contribution >= 0.6 is 11.8 Å². The summed E-state index contributed by atoms with van der Waals surface area (Å²) in [4.78, 5) is 0. The number of furan rings is 1. The Labute approximate surface area is 127 Å². The van der Waals surface area contributed by atoms with Crippen LogP contribution in [0.3, 0.4) is 0 Å². The van der Waals surface area contributed by atoms with E-state index < -0.39 is 5.76 Å². The molecule has 114 valence electrons. The molecule has 0 spiro atoms. The lowest BCUT2D eigenvalue weighted by Crippen LogP contribution is -2.02. The molecule has 0 aliphatic rings. The summed E-state index contributed by atoms with van der Waals surface area (Å²) in [5.41, 5.74) is 4.71. The molecule has 0 aliphatic heterocycles. The molecule has 0 saturated carbocycles. The number of rotatable bonds is 6. The molecule has 0 aliphatic carbocycles. The summed E-state index contributed by atoms with van der Waals surface area (Å²) in [6.45, 7) is 6.75. The number of hydrogen-bond donors (Lipinski definition) is 1. The summed E-state index contributed by atoms with van der Waals surface area (Å²) in [7, 11) is 0. The first-order valence-corrected chi connectivity index (χ1v) is 7.79. The molecule has 0 bridgehead atoms. The van der Waals surface area contributed by atoms with Crippen molar-refractivity contribution in [3.63, 3.8) is 0 Å². The van der Waals surface area contributed by atoms with Crippen molar-refractivity contribution in [2.24, 2.45) is 0 Å². The fourth-order valence-electron chi connectivity index (χ4n) is 2.37. The Morgan fingerprint density at radius 2 is 1.71 bits per heavy atom. The van der Waals surface area contributed by atoms with Crippen LogP contribution in [0.25, 0.3) is 0 Å². The maximum absolute atomic E-state index is 12.1. The molecule has 2 aromatic rings. The summed E-state index contributed by atoms with van der Waals surface area (Å²) in [6, 6.07) is 7.83. The maximum atomic E-state index is 12.1. The van der Waals surface area contributed by atoms with E-state index in [-0.39, 0.29) is 5.75 Å². The molecule has 0 saturated heterocycles. The molecule has 21 heavy (non-hydrogen) atoms. The van der Waals surface area contributed by atoms with Crippen molar-refractivity contribution in [1.29, 1.82) is 0 Å². The van der Waals surface area contributed by atoms with E-state index in [1.54, 1.807) is 6.07 Å². The number of halogens is 2. The monoisotopic (exact) mass is 311 g/mol. The molecule has 5 heteroatoms. The molecule has 0 amide bonds. The van der Waals surface area contributed by atoms with Crippen LogP contribution in [0.15, 0.2) is 28.7 Å². The van der Waals surface area contributed by atoms with E-state index in [4.69, 9.17) is 4.42 Å². The zero-order valence-corrected chi connectivity index (χ0v) is 13.2. The molecule has 1 aromatic carbocycles. The van der Waals surface area contributed by atoms with Crippen LogP contribution in [0.5, 0.6) is 0 Å². The normalized spacial score (nSPS) is 11.1. The van der Waals surface area contributed by atoms with Gasteiger partial charge in [-0.05, 0) is 44.0 Å². The van der Waals surface area contributed by atoms with E-state index in [0.29, 0.717) is 24.1 Å². The minimum Gasteiger partial charge on any atom is -0.463 e. The van der Waals surface area contributed by atoms with Crippen molar-refractivity contribution in [3.8, 4) is 0 Å². The Morgan fingerprint density at radius 3 is 2.33 bits per heavy atom. The summed E-state index contributed by atoms with van der Waals surface area (Å²) in [5.74, 6) is -0.844. The van der Waals surface area contributed by atoms with E-state index in [2.05, 4.69) is 38.2 Å². The number of hydrogen-bond acceptors (Lipinski definition) is 3. The van der Waals surface area contributed by atoms with Crippen LogP contribution in [-0.2, 0) is 12.3 Å². The van der Waals surface area contributed by atoms with Crippen LogP contribution in [0.4, 0.5) is 14.5 Å². The molecule has 0 unspecified atom stereocenters. The number of nitrogens with one attached hydrogen (secondary N) is 1. The molecular formula is C16H19F2NOS. The maximum Gasteiger partial charge on any atom is 0.284 e. The number of thioether (sulfide) groups is 1. The fraction of sp³-hybridized carbons (Fsp3) is 0.375. The van der Waals surface area contributed by atoms with Gasteiger partial charge in [0.25, 0.3) is 5.76 Å². The van der Waals surface area contributed by atoms with Crippen molar-refractivity contribution in [1.82, 2.24) is 0 Å². The Kier molecular flexibility index (Phi) is 5.28. The van der Waals surface area contributed by atoms with Crippen molar-refractivity contribution < 1.29 is 13.2 Å². The molecular weight excluding hydrogens is 292 g/mol. The second kappa shape index (κ2) is 6.98. The minimum atomic E-state index is -2.37. The number of benzene rings is 1. The predicted octanol–water partition coefficient (Wildman–Crippen LogP) is 5.27. The third-order valence-corrected chi connectivity index (χ3v) is 3.89. The fourth-order valence-corrected chi connectivity index (χ4v) is 2.82. The highest BCUT2D eigenvalue weighted by atomic mass is 32.2. The first-order chi connectivity index (χ1) is 9.95. The highest BCUT2D eigenvalue weighted by molar-refractivity contribution is 7.98. The SMILES string of the molecule is Cc1cc(C)c(NCc2ccc(CSC(F)F)o2)c(C)c1. The summed E-state index contributed by atoms with van der Waals surface area (Å²) in [6.07, 6.45) is 0. The molecule has 1 aromatic heterocycles. The van der Waals surface area contributed by atoms with Crippen molar-refractivity contribution in [3.05, 3.63) is 52.5 Å². The Hall–Kier alpha value is -1.49. The van der Waals surface area contributed by atoms with Gasteiger partial charge in [0.15, 0.2) is 0 Å². The van der Waals surface area contributed by atoms with Crippen molar-refractivity contribution in [2.75, 3.05) is 5.32 Å². The van der Waals surface area contributed by atoms with Crippen LogP contribution < -0.4 is 5.32 Å². The summed E-state index contributed by atoms with van der Waals surface area (Å²) < 4.78 is 29.8. The van der Waals surface area contributed by atoms with Crippen molar-refractivity contribution in [2.45, 2.75) is 38.8 Å². The quantitative estimate of drug-likeness (QED) is 0.786. The smallest absolute Gasteiger partial charge is 0.284 e. The zero-order chi connectivity index (χ0) is 15.4. The van der Waals surface area contributed by atoms with Crippen LogP contribution in [0.2, 0.25) is 0 Å². The van der Waals surface area contributed by atoms with Gasteiger partial charge in [-0.1, -0.05) is 29.5 Å². The molecule has 1 N–H and O–H groups in total. The number of alkyl halides is 2. The second-order valence-electron chi connectivity index (χ2n) is 5.07. The van der Waals surface area contributed by atoms with E-state index in [9.17, 15) is 8.78 Å². The van der Waals surface area contributed by atoms with Gasteiger partial charge in [-0.15, -0.1) is 0 Å². The molecule has 0 radical (unpaired) electrons. The van der Waals surface area contributed by atoms with Crippen LogP contribution in [-0.4, -0.2) is 5.76 Å². The van der Waals surface area contributed by atoms with Gasteiger partial charge in [-0.2, -0.15) is 8.78 Å². The summed E-state index contributed by atoms with van der Waals surface area (Å²) >= 11 is 0.571. The van der Waals surface area contributed by atoms with E-state index in [1.165, 1.54) is 16.7 Å². The van der Waals surface area contributed by atoms with Gasteiger partial charge in [0.2, 0.25) is 0 Å². The lowest BCUT2D eigenvalue weighted by Gasteiger charge is -2.12. The largest absolute Gasteiger partial charge is 0.463 e. The Balaban J connectivity index is 1.97. The van der Waals surface area contributed by atoms with Gasteiger partial charge in [-0.25, -0.2) is 0 Å². The molecule has 1 heterocycles. The van der Waals surface area contributed by atoms with Crippen molar-refractivity contribution >= 4 is 17.4 Å². The molecule has 0 atom stereocenters. The Morgan fingerprint density at radius 1 is 1.10 bits per heavy atom. The van der Waals surface area contributed by atoms with Gasteiger partial charge >= 0.3 is 0 Å². The zero-order valence-electron chi connectivity index (χ0n) is 12.4. The summed E-state index contributed by atoms with van der Waals surface area (Å²) in [5, 5.41) is 3.35. The number of anilines is 1. The third-order valence-electron chi connectivity index (χ3n) is 3.19. The highest BCUT2D eigenvalue weighted by Crippen LogP contribution is 2.24. The average Bonchev–Trinajstić information content (AvgIpc) is 2.83. The van der Waals surface area contributed by atoms with Crippen LogP contribution in [0, 0.1) is 20.8 Å². The first-order valence-electron chi connectivity index (χ1n) is 6.75. The first kappa shape index (κ1) is 15.9. The molecule has 0 fully saturated rings.